The summed E-state index contributed by atoms with van der Waals surface area (Å²) >= 11 is 0. The maximum absolute atomic E-state index is 13.0. The third-order valence-electron chi connectivity index (χ3n) is 5.33. The van der Waals surface area contributed by atoms with Gasteiger partial charge in [0.2, 0.25) is 5.91 Å². The molecule has 0 saturated carbocycles. The standard InChI is InChI=1S/C21H23N5O3/c1-15(26-21(28)16-7-3-4-8-17(16)22-23-26)20(27)25-13-11-24(12-14-25)18-9-5-6-10-19(18)29-2/h3-10,15H,11-14H2,1-2H3/t15-/m0/s1. The van der Waals surface area contributed by atoms with E-state index < -0.39 is 6.04 Å². The van der Waals surface area contributed by atoms with Crippen molar-refractivity contribution in [2.24, 2.45) is 0 Å². The van der Waals surface area contributed by atoms with Gasteiger partial charge in [-0.1, -0.05) is 29.5 Å². The van der Waals surface area contributed by atoms with Gasteiger partial charge in [-0.05, 0) is 31.2 Å². The van der Waals surface area contributed by atoms with Gasteiger partial charge in [0.25, 0.3) is 5.56 Å². The number of nitrogens with zero attached hydrogens (tertiary/aromatic N) is 5. The average molecular weight is 393 g/mol. The van der Waals surface area contributed by atoms with Crippen LogP contribution in [0, 0.1) is 0 Å². The third-order valence-corrected chi connectivity index (χ3v) is 5.33. The molecule has 0 spiro atoms. The molecular formula is C21H23N5O3. The highest BCUT2D eigenvalue weighted by molar-refractivity contribution is 5.81. The fourth-order valence-electron chi connectivity index (χ4n) is 3.68. The molecule has 0 N–H and O–H groups in total. The van der Waals surface area contributed by atoms with Gasteiger partial charge in [-0.2, -0.15) is 4.68 Å². The van der Waals surface area contributed by atoms with E-state index in [1.54, 1.807) is 43.2 Å². The smallest absolute Gasteiger partial charge is 0.278 e. The second kappa shape index (κ2) is 7.90. The zero-order valence-corrected chi connectivity index (χ0v) is 16.5. The van der Waals surface area contributed by atoms with Crippen LogP contribution in [-0.2, 0) is 4.79 Å². The van der Waals surface area contributed by atoms with Crippen molar-refractivity contribution >= 4 is 22.5 Å². The number of ether oxygens (including phenoxy) is 1. The second-order valence-electron chi connectivity index (χ2n) is 7.02. The summed E-state index contributed by atoms with van der Waals surface area (Å²) in [5.41, 5.74) is 1.25. The Balaban J connectivity index is 1.48. The van der Waals surface area contributed by atoms with E-state index in [-0.39, 0.29) is 11.5 Å². The molecule has 1 aromatic heterocycles. The van der Waals surface area contributed by atoms with E-state index >= 15 is 0 Å². The van der Waals surface area contributed by atoms with E-state index in [9.17, 15) is 9.59 Å². The van der Waals surface area contributed by atoms with Crippen LogP contribution >= 0.6 is 0 Å². The molecule has 150 valence electrons. The van der Waals surface area contributed by atoms with Gasteiger partial charge in [0.15, 0.2) is 0 Å². The number of hydrogen-bond acceptors (Lipinski definition) is 6. The number of para-hydroxylation sites is 2. The maximum atomic E-state index is 13.0. The van der Waals surface area contributed by atoms with Crippen molar-refractivity contribution < 1.29 is 9.53 Å². The van der Waals surface area contributed by atoms with E-state index in [2.05, 4.69) is 15.2 Å². The number of carbonyl (C=O) groups is 1. The van der Waals surface area contributed by atoms with E-state index in [1.807, 2.05) is 24.3 Å². The molecule has 4 rings (SSSR count). The fourth-order valence-corrected chi connectivity index (χ4v) is 3.68. The fraction of sp³-hybridized carbons (Fsp3) is 0.333. The summed E-state index contributed by atoms with van der Waals surface area (Å²) in [6.07, 6.45) is 0. The Bertz CT molecular complexity index is 1090. The van der Waals surface area contributed by atoms with Crippen LogP contribution in [0.3, 0.4) is 0 Å². The first-order valence-electron chi connectivity index (χ1n) is 9.61. The molecular weight excluding hydrogens is 370 g/mol. The number of carbonyl (C=O) groups excluding carboxylic acids is 1. The SMILES string of the molecule is COc1ccccc1N1CCN(C(=O)[C@H](C)n2nnc3ccccc3c2=O)CC1. The molecule has 8 nitrogen and oxygen atoms in total. The van der Waals surface area contributed by atoms with Crippen molar-refractivity contribution in [1.29, 1.82) is 0 Å². The number of methoxy groups -OCH3 is 1. The molecule has 1 atom stereocenters. The molecule has 1 fully saturated rings. The van der Waals surface area contributed by atoms with Crippen LogP contribution in [0.1, 0.15) is 13.0 Å². The van der Waals surface area contributed by atoms with Crippen LogP contribution < -0.4 is 15.2 Å². The first-order valence-corrected chi connectivity index (χ1v) is 9.61. The number of fused-ring (bicyclic) bond motifs is 1. The summed E-state index contributed by atoms with van der Waals surface area (Å²) in [7, 11) is 1.66. The Labute approximate surface area is 168 Å². The summed E-state index contributed by atoms with van der Waals surface area (Å²) in [5.74, 6) is 0.690. The van der Waals surface area contributed by atoms with E-state index in [0.29, 0.717) is 37.1 Å². The molecule has 0 radical (unpaired) electrons. The molecule has 0 aliphatic carbocycles. The Hall–Kier alpha value is -3.42. The van der Waals surface area contributed by atoms with Gasteiger partial charge in [-0.15, -0.1) is 5.10 Å². The number of hydrogen-bond donors (Lipinski definition) is 0. The van der Waals surface area contributed by atoms with E-state index in [1.165, 1.54) is 4.68 Å². The maximum Gasteiger partial charge on any atom is 0.278 e. The first kappa shape index (κ1) is 18.9. The Kier molecular flexibility index (Phi) is 5.16. The normalized spacial score (nSPS) is 15.4. The van der Waals surface area contributed by atoms with E-state index in [4.69, 9.17) is 4.74 Å². The Morgan fingerprint density at radius 3 is 2.48 bits per heavy atom. The summed E-state index contributed by atoms with van der Waals surface area (Å²) in [5, 5.41) is 8.53. The van der Waals surface area contributed by atoms with Crippen LogP contribution in [0.5, 0.6) is 5.75 Å². The molecule has 3 aromatic rings. The topological polar surface area (TPSA) is 80.6 Å². The van der Waals surface area contributed by atoms with Gasteiger partial charge in [-0.3, -0.25) is 9.59 Å². The van der Waals surface area contributed by atoms with Crippen LogP contribution in [-0.4, -0.2) is 59.1 Å². The van der Waals surface area contributed by atoms with Crippen molar-refractivity contribution in [1.82, 2.24) is 19.9 Å². The van der Waals surface area contributed by atoms with Crippen LogP contribution in [0.4, 0.5) is 5.69 Å². The lowest BCUT2D eigenvalue weighted by atomic mass is 10.2. The molecule has 8 heteroatoms. The molecule has 1 aliphatic heterocycles. The molecule has 29 heavy (non-hydrogen) atoms. The predicted octanol–water partition coefficient (Wildman–Crippen LogP) is 1.71. The van der Waals surface area contributed by atoms with Crippen molar-refractivity contribution in [3.63, 3.8) is 0 Å². The Morgan fingerprint density at radius 1 is 1.03 bits per heavy atom. The minimum Gasteiger partial charge on any atom is -0.495 e. The first-order chi connectivity index (χ1) is 14.1. The molecule has 1 saturated heterocycles. The lowest BCUT2D eigenvalue weighted by molar-refractivity contribution is -0.135. The van der Waals surface area contributed by atoms with Crippen molar-refractivity contribution in [2.45, 2.75) is 13.0 Å². The number of anilines is 1. The summed E-state index contributed by atoms with van der Waals surface area (Å²) in [6.45, 7) is 4.21. The largest absolute Gasteiger partial charge is 0.495 e. The van der Waals surface area contributed by atoms with Crippen LogP contribution in [0.15, 0.2) is 53.3 Å². The second-order valence-corrected chi connectivity index (χ2v) is 7.02. The third kappa shape index (κ3) is 3.53. The highest BCUT2D eigenvalue weighted by Crippen LogP contribution is 2.28. The number of aromatic nitrogens is 3. The zero-order chi connectivity index (χ0) is 20.4. The van der Waals surface area contributed by atoms with Gasteiger partial charge in [0, 0.05) is 26.2 Å². The van der Waals surface area contributed by atoms with Gasteiger partial charge >= 0.3 is 0 Å². The van der Waals surface area contributed by atoms with Gasteiger partial charge in [0.05, 0.1) is 18.2 Å². The summed E-state index contributed by atoms with van der Waals surface area (Å²) < 4.78 is 6.62. The van der Waals surface area contributed by atoms with Crippen LogP contribution in [0.2, 0.25) is 0 Å². The molecule has 0 bridgehead atoms. The Morgan fingerprint density at radius 2 is 1.72 bits per heavy atom. The quantitative estimate of drug-likeness (QED) is 0.671. The number of amides is 1. The number of rotatable bonds is 4. The van der Waals surface area contributed by atoms with Gasteiger partial charge < -0.3 is 14.5 Å². The molecule has 0 unspecified atom stereocenters. The zero-order valence-electron chi connectivity index (χ0n) is 16.5. The molecule has 1 aliphatic rings. The highest BCUT2D eigenvalue weighted by atomic mass is 16.5. The minimum atomic E-state index is -0.711. The lowest BCUT2D eigenvalue weighted by Gasteiger charge is -2.37. The van der Waals surface area contributed by atoms with Gasteiger partial charge in [-0.25, -0.2) is 0 Å². The van der Waals surface area contributed by atoms with Crippen LogP contribution in [0.25, 0.3) is 10.9 Å². The summed E-state index contributed by atoms with van der Waals surface area (Å²) in [6, 6.07) is 14.2. The summed E-state index contributed by atoms with van der Waals surface area (Å²) in [4.78, 5) is 29.7. The lowest BCUT2D eigenvalue weighted by Crippen LogP contribution is -2.51. The highest BCUT2D eigenvalue weighted by Gasteiger charge is 2.28. The number of piperazine rings is 1. The van der Waals surface area contributed by atoms with Gasteiger partial charge in [0.1, 0.15) is 17.3 Å². The van der Waals surface area contributed by atoms with E-state index in [0.717, 1.165) is 11.4 Å². The molecule has 2 aromatic carbocycles. The number of benzene rings is 2. The van der Waals surface area contributed by atoms with Crippen molar-refractivity contribution in [3.05, 3.63) is 58.9 Å². The predicted molar refractivity (Wildman–Crippen MR) is 110 cm³/mol. The molecule has 2 heterocycles. The molecule has 1 amide bonds. The minimum absolute atomic E-state index is 0.128. The van der Waals surface area contributed by atoms with Crippen molar-refractivity contribution in [3.8, 4) is 5.75 Å². The van der Waals surface area contributed by atoms with Crippen molar-refractivity contribution in [2.75, 3.05) is 38.2 Å². The monoisotopic (exact) mass is 393 g/mol. The average Bonchev–Trinajstić information content (AvgIpc) is 2.78.